The van der Waals surface area contributed by atoms with Crippen molar-refractivity contribution in [1.29, 1.82) is 0 Å². The number of pyridine rings is 1. The van der Waals surface area contributed by atoms with Gasteiger partial charge in [-0.3, -0.25) is 4.98 Å². The van der Waals surface area contributed by atoms with Gasteiger partial charge in [0.15, 0.2) is 0 Å². The number of benzene rings is 1. The van der Waals surface area contributed by atoms with Gasteiger partial charge in [0.05, 0.1) is 17.9 Å². The van der Waals surface area contributed by atoms with Crippen molar-refractivity contribution in [2.45, 2.75) is 13.0 Å². The van der Waals surface area contributed by atoms with E-state index in [0.717, 1.165) is 21.8 Å². The Hall–Kier alpha value is -1.65. The minimum atomic E-state index is 0.157. The number of anilines is 1. The molecule has 2 aromatic rings. The lowest BCUT2D eigenvalue weighted by Gasteiger charge is -2.28. The van der Waals surface area contributed by atoms with Gasteiger partial charge in [-0.2, -0.15) is 0 Å². The van der Waals surface area contributed by atoms with Crippen LogP contribution in [0, 0.1) is 0 Å². The van der Waals surface area contributed by atoms with Crippen LogP contribution in [0.1, 0.15) is 24.1 Å². The largest absolute Gasteiger partial charge is 0.389 e. The lowest BCUT2D eigenvalue weighted by molar-refractivity contribution is 0.737. The van der Waals surface area contributed by atoms with Crippen LogP contribution >= 0.6 is 23.8 Å². The standard InChI is InChI=1S/C15H16ClN3S/c1-10(11-3-5-12(16)6-4-11)19(2)14-9-18-8-7-13(14)15(17)20/h3-10H,1-2H3,(H2,17,20). The number of hydrogen-bond acceptors (Lipinski definition) is 3. The second-order valence-corrected chi connectivity index (χ2v) is 5.47. The Kier molecular flexibility index (Phi) is 4.57. The van der Waals surface area contributed by atoms with Crippen molar-refractivity contribution in [2.24, 2.45) is 5.73 Å². The molecule has 1 aromatic heterocycles. The quantitative estimate of drug-likeness (QED) is 0.877. The highest BCUT2D eigenvalue weighted by Gasteiger charge is 2.16. The molecule has 1 aromatic carbocycles. The topological polar surface area (TPSA) is 42.2 Å². The normalized spacial score (nSPS) is 11.9. The molecule has 2 rings (SSSR count). The maximum Gasteiger partial charge on any atom is 0.106 e. The predicted octanol–water partition coefficient (Wildman–Crippen LogP) is 3.57. The summed E-state index contributed by atoms with van der Waals surface area (Å²) in [5.74, 6) is 0. The Bertz CT molecular complexity index is 613. The van der Waals surface area contributed by atoms with E-state index in [9.17, 15) is 0 Å². The van der Waals surface area contributed by atoms with Gasteiger partial charge in [-0.05, 0) is 30.7 Å². The van der Waals surface area contributed by atoms with E-state index in [0.29, 0.717) is 4.99 Å². The van der Waals surface area contributed by atoms with Gasteiger partial charge in [-0.1, -0.05) is 36.0 Å². The van der Waals surface area contributed by atoms with E-state index in [1.165, 1.54) is 0 Å². The zero-order valence-electron chi connectivity index (χ0n) is 11.4. The monoisotopic (exact) mass is 305 g/mol. The highest BCUT2D eigenvalue weighted by molar-refractivity contribution is 7.80. The molecule has 0 amide bonds. The van der Waals surface area contributed by atoms with Gasteiger partial charge >= 0.3 is 0 Å². The zero-order chi connectivity index (χ0) is 14.7. The lowest BCUT2D eigenvalue weighted by Crippen LogP contribution is -2.25. The second kappa shape index (κ2) is 6.20. The van der Waals surface area contributed by atoms with Crippen LogP contribution in [0.4, 0.5) is 5.69 Å². The van der Waals surface area contributed by atoms with Crippen LogP contribution in [0.2, 0.25) is 5.02 Å². The summed E-state index contributed by atoms with van der Waals surface area (Å²) in [4.78, 5) is 6.64. The molecule has 104 valence electrons. The van der Waals surface area contributed by atoms with Gasteiger partial charge < -0.3 is 10.6 Å². The van der Waals surface area contributed by atoms with Gasteiger partial charge in [0, 0.05) is 23.8 Å². The van der Waals surface area contributed by atoms with Crippen molar-refractivity contribution in [1.82, 2.24) is 4.98 Å². The molecule has 1 unspecified atom stereocenters. The van der Waals surface area contributed by atoms with Crippen molar-refractivity contribution in [2.75, 3.05) is 11.9 Å². The van der Waals surface area contributed by atoms with E-state index in [1.807, 2.05) is 37.4 Å². The van der Waals surface area contributed by atoms with Crippen LogP contribution in [0.25, 0.3) is 0 Å². The Morgan fingerprint density at radius 2 is 1.95 bits per heavy atom. The predicted molar refractivity (Wildman–Crippen MR) is 88.4 cm³/mol. The number of nitrogens with two attached hydrogens (primary N) is 1. The van der Waals surface area contributed by atoms with Gasteiger partial charge in [0.1, 0.15) is 4.99 Å². The summed E-state index contributed by atoms with van der Waals surface area (Å²) in [6, 6.07) is 9.80. The fourth-order valence-corrected chi connectivity index (χ4v) is 2.35. The van der Waals surface area contributed by atoms with Crippen LogP contribution in [-0.2, 0) is 0 Å². The third-order valence-corrected chi connectivity index (χ3v) is 3.85. The average Bonchev–Trinajstić information content (AvgIpc) is 2.46. The lowest BCUT2D eigenvalue weighted by atomic mass is 10.1. The van der Waals surface area contributed by atoms with Crippen molar-refractivity contribution >= 4 is 34.5 Å². The summed E-state index contributed by atoms with van der Waals surface area (Å²) in [6.07, 6.45) is 3.47. The molecule has 0 aliphatic heterocycles. The minimum Gasteiger partial charge on any atom is -0.389 e. The molecule has 5 heteroatoms. The molecule has 0 bridgehead atoms. The third-order valence-electron chi connectivity index (χ3n) is 3.38. The molecule has 0 saturated heterocycles. The Morgan fingerprint density at radius 1 is 1.30 bits per heavy atom. The van der Waals surface area contributed by atoms with Crippen LogP contribution in [-0.4, -0.2) is 17.0 Å². The minimum absolute atomic E-state index is 0.157. The number of nitrogens with zero attached hydrogens (tertiary/aromatic N) is 2. The van der Waals surface area contributed by atoms with E-state index < -0.39 is 0 Å². The van der Waals surface area contributed by atoms with Crippen molar-refractivity contribution in [3.8, 4) is 0 Å². The molecule has 3 nitrogen and oxygen atoms in total. The molecule has 1 atom stereocenters. The summed E-state index contributed by atoms with van der Waals surface area (Å²) in [6.45, 7) is 2.11. The third kappa shape index (κ3) is 3.08. The first kappa shape index (κ1) is 14.8. The summed E-state index contributed by atoms with van der Waals surface area (Å²) < 4.78 is 0. The highest BCUT2D eigenvalue weighted by atomic mass is 35.5. The average molecular weight is 306 g/mol. The fraction of sp³-hybridized carbons (Fsp3) is 0.200. The van der Waals surface area contributed by atoms with Crippen LogP contribution < -0.4 is 10.6 Å². The van der Waals surface area contributed by atoms with Gasteiger partial charge in [-0.25, -0.2) is 0 Å². The number of halogens is 1. The first-order chi connectivity index (χ1) is 9.50. The first-order valence-corrected chi connectivity index (χ1v) is 7.01. The molecule has 0 spiro atoms. The molecule has 0 saturated carbocycles. The van der Waals surface area contributed by atoms with Crippen LogP contribution in [0.3, 0.4) is 0 Å². The summed E-state index contributed by atoms with van der Waals surface area (Å²) in [5, 5.41) is 0.730. The van der Waals surface area contributed by atoms with Crippen LogP contribution in [0.15, 0.2) is 42.7 Å². The van der Waals surface area contributed by atoms with E-state index >= 15 is 0 Å². The van der Waals surface area contributed by atoms with Crippen molar-refractivity contribution in [3.05, 3.63) is 58.9 Å². The molecule has 2 N–H and O–H groups in total. The zero-order valence-corrected chi connectivity index (χ0v) is 12.9. The molecular weight excluding hydrogens is 290 g/mol. The van der Waals surface area contributed by atoms with E-state index in [-0.39, 0.29) is 6.04 Å². The van der Waals surface area contributed by atoms with Crippen LogP contribution in [0.5, 0.6) is 0 Å². The van der Waals surface area contributed by atoms with E-state index in [1.54, 1.807) is 12.4 Å². The molecule has 0 aliphatic carbocycles. The highest BCUT2D eigenvalue weighted by Crippen LogP contribution is 2.28. The molecule has 1 heterocycles. The smallest absolute Gasteiger partial charge is 0.106 e. The Labute approximate surface area is 129 Å². The van der Waals surface area contributed by atoms with Gasteiger partial charge in [-0.15, -0.1) is 0 Å². The second-order valence-electron chi connectivity index (χ2n) is 4.60. The number of thiocarbonyl (C=S) groups is 1. The SMILES string of the molecule is CC(c1ccc(Cl)cc1)N(C)c1cnccc1C(N)=S. The summed E-state index contributed by atoms with van der Waals surface area (Å²) >= 11 is 11.0. The van der Waals surface area contributed by atoms with Crippen molar-refractivity contribution in [3.63, 3.8) is 0 Å². The number of aromatic nitrogens is 1. The Balaban J connectivity index is 2.33. The molecule has 20 heavy (non-hydrogen) atoms. The molecule has 0 fully saturated rings. The van der Waals surface area contributed by atoms with Gasteiger partial charge in [0.25, 0.3) is 0 Å². The van der Waals surface area contributed by atoms with E-state index in [4.69, 9.17) is 29.6 Å². The maximum atomic E-state index is 5.92. The number of rotatable bonds is 4. The summed E-state index contributed by atoms with van der Waals surface area (Å²) in [5.41, 5.74) is 8.68. The van der Waals surface area contributed by atoms with E-state index in [2.05, 4.69) is 16.8 Å². The van der Waals surface area contributed by atoms with Crippen molar-refractivity contribution < 1.29 is 0 Å². The molecular formula is C15H16ClN3S. The van der Waals surface area contributed by atoms with Gasteiger partial charge in [0.2, 0.25) is 0 Å². The molecule has 0 aliphatic rings. The Morgan fingerprint density at radius 3 is 2.55 bits per heavy atom. The summed E-state index contributed by atoms with van der Waals surface area (Å²) in [7, 11) is 2.00. The maximum absolute atomic E-state index is 5.92. The molecule has 0 radical (unpaired) electrons. The number of hydrogen-bond donors (Lipinski definition) is 1. The fourth-order valence-electron chi connectivity index (χ4n) is 2.05. The first-order valence-electron chi connectivity index (χ1n) is 6.23.